The Morgan fingerprint density at radius 3 is 2.13 bits per heavy atom. The van der Waals surface area contributed by atoms with Crippen molar-refractivity contribution in [1.82, 2.24) is 14.8 Å². The minimum absolute atomic E-state index is 0.103. The quantitative estimate of drug-likeness (QED) is 0.333. The molecule has 1 fully saturated rings. The maximum Gasteiger partial charge on any atom is 0.416 e. The van der Waals surface area contributed by atoms with Crippen LogP contribution >= 0.6 is 0 Å². The number of pyridine rings is 1. The summed E-state index contributed by atoms with van der Waals surface area (Å²) in [5, 5.41) is 2.99. The Bertz CT molecular complexity index is 1480. The van der Waals surface area contributed by atoms with Crippen LogP contribution in [0.25, 0.3) is 22.2 Å². The summed E-state index contributed by atoms with van der Waals surface area (Å²) in [6.45, 7) is 0.917. The van der Waals surface area contributed by atoms with Crippen molar-refractivity contribution in [2.75, 3.05) is 31.5 Å². The first kappa shape index (κ1) is 25.2. The van der Waals surface area contributed by atoms with Crippen LogP contribution in [0.1, 0.15) is 15.9 Å². The van der Waals surface area contributed by atoms with E-state index in [4.69, 9.17) is 0 Å². The van der Waals surface area contributed by atoms with Crippen LogP contribution in [-0.4, -0.2) is 52.9 Å². The van der Waals surface area contributed by atoms with E-state index in [1.54, 1.807) is 17.0 Å². The molecule has 0 unspecified atom stereocenters. The number of hydrogen-bond acceptors (Lipinski definition) is 3. The molecule has 0 radical (unpaired) electrons. The fourth-order valence-corrected chi connectivity index (χ4v) is 4.38. The van der Waals surface area contributed by atoms with Gasteiger partial charge in [-0.05, 0) is 36.4 Å². The molecule has 6 nitrogen and oxygen atoms in total. The summed E-state index contributed by atoms with van der Waals surface area (Å²) in [4.78, 5) is 33.7. The molecule has 1 aliphatic heterocycles. The maximum absolute atomic E-state index is 14.7. The van der Waals surface area contributed by atoms with Crippen molar-refractivity contribution in [2.45, 2.75) is 6.18 Å². The molecule has 3 aromatic carbocycles. The zero-order valence-corrected chi connectivity index (χ0v) is 20.0. The lowest BCUT2D eigenvalue weighted by Gasteiger charge is -2.35. The third-order valence-electron chi connectivity index (χ3n) is 6.41. The molecular formula is C28H22F4N4O2. The van der Waals surface area contributed by atoms with Gasteiger partial charge < -0.3 is 15.1 Å². The Balaban J connectivity index is 1.31. The number of piperazine rings is 1. The number of carbonyl (C=O) groups excluding carboxylic acids is 2. The molecule has 1 saturated heterocycles. The van der Waals surface area contributed by atoms with Crippen molar-refractivity contribution in [1.29, 1.82) is 0 Å². The van der Waals surface area contributed by atoms with E-state index < -0.39 is 23.6 Å². The molecule has 1 aromatic heterocycles. The number of nitrogens with one attached hydrogen (secondary N) is 1. The third kappa shape index (κ3) is 5.15. The van der Waals surface area contributed by atoms with Gasteiger partial charge in [0.05, 0.1) is 16.8 Å². The van der Waals surface area contributed by atoms with E-state index in [9.17, 15) is 27.2 Å². The van der Waals surface area contributed by atoms with Crippen LogP contribution in [0.4, 0.5) is 28.0 Å². The summed E-state index contributed by atoms with van der Waals surface area (Å²) in [6, 6.07) is 19.0. The van der Waals surface area contributed by atoms with Crippen LogP contribution in [0, 0.1) is 5.82 Å². The van der Waals surface area contributed by atoms with Gasteiger partial charge in [-0.15, -0.1) is 0 Å². The predicted octanol–water partition coefficient (Wildman–Crippen LogP) is 6.05. The Kier molecular flexibility index (Phi) is 6.71. The van der Waals surface area contributed by atoms with E-state index >= 15 is 0 Å². The van der Waals surface area contributed by atoms with Crippen molar-refractivity contribution in [2.24, 2.45) is 0 Å². The number of carbonyl (C=O) groups is 2. The lowest BCUT2D eigenvalue weighted by Crippen LogP contribution is -2.51. The molecule has 0 spiro atoms. The van der Waals surface area contributed by atoms with Crippen LogP contribution in [0.5, 0.6) is 0 Å². The van der Waals surface area contributed by atoms with Crippen molar-refractivity contribution >= 4 is 28.5 Å². The molecule has 0 bridgehead atoms. The standard InChI is InChI=1S/C28H22F4N4O2/c29-23-8-4-7-21-22(17-24(34-25(21)23)18-5-2-1-3-6-18)26(37)35-13-15-36(16-14-35)27(38)33-20-11-9-19(10-12-20)28(30,31)32/h1-12,17H,13-16H2,(H,33,38). The molecule has 38 heavy (non-hydrogen) atoms. The number of para-hydroxylation sites is 1. The summed E-state index contributed by atoms with van der Waals surface area (Å²) >= 11 is 0. The van der Waals surface area contributed by atoms with Crippen molar-refractivity contribution in [3.8, 4) is 11.3 Å². The van der Waals surface area contributed by atoms with E-state index in [0.29, 0.717) is 16.6 Å². The van der Waals surface area contributed by atoms with Gasteiger partial charge in [0.1, 0.15) is 11.3 Å². The van der Waals surface area contributed by atoms with Gasteiger partial charge in [-0.1, -0.05) is 42.5 Å². The number of amides is 3. The Morgan fingerprint density at radius 1 is 0.816 bits per heavy atom. The monoisotopic (exact) mass is 522 g/mol. The average molecular weight is 523 g/mol. The Labute approximate surface area is 215 Å². The summed E-state index contributed by atoms with van der Waals surface area (Å²) in [7, 11) is 0. The van der Waals surface area contributed by atoms with Crippen molar-refractivity contribution < 1.29 is 27.2 Å². The van der Waals surface area contributed by atoms with Crippen LogP contribution in [-0.2, 0) is 6.18 Å². The number of fused-ring (bicyclic) bond motifs is 1. The van der Waals surface area contributed by atoms with Gasteiger partial charge in [0.2, 0.25) is 0 Å². The summed E-state index contributed by atoms with van der Waals surface area (Å²) in [5.41, 5.74) is 1.07. The number of urea groups is 1. The molecule has 2 heterocycles. The van der Waals surface area contributed by atoms with E-state index in [0.717, 1.165) is 17.7 Å². The molecule has 194 valence electrons. The van der Waals surface area contributed by atoms with E-state index in [1.165, 1.54) is 29.2 Å². The highest BCUT2D eigenvalue weighted by atomic mass is 19.4. The zero-order valence-electron chi connectivity index (χ0n) is 20.0. The minimum atomic E-state index is -4.46. The summed E-state index contributed by atoms with van der Waals surface area (Å²) in [6.07, 6.45) is -4.46. The highest BCUT2D eigenvalue weighted by Gasteiger charge is 2.30. The van der Waals surface area contributed by atoms with Crippen LogP contribution in [0.2, 0.25) is 0 Å². The number of rotatable bonds is 3. The molecule has 10 heteroatoms. The number of nitrogens with zero attached hydrogens (tertiary/aromatic N) is 3. The van der Waals surface area contributed by atoms with E-state index in [1.807, 2.05) is 30.3 Å². The number of anilines is 1. The molecule has 0 aliphatic carbocycles. The molecule has 5 rings (SSSR count). The van der Waals surface area contributed by atoms with Crippen LogP contribution in [0.15, 0.2) is 78.9 Å². The number of alkyl halides is 3. The molecule has 3 amide bonds. The topological polar surface area (TPSA) is 65.5 Å². The number of aromatic nitrogens is 1. The lowest BCUT2D eigenvalue weighted by molar-refractivity contribution is -0.137. The van der Waals surface area contributed by atoms with Gasteiger partial charge in [0.15, 0.2) is 0 Å². The maximum atomic E-state index is 14.7. The second kappa shape index (κ2) is 10.1. The first-order valence-electron chi connectivity index (χ1n) is 11.9. The second-order valence-electron chi connectivity index (χ2n) is 8.84. The van der Waals surface area contributed by atoms with Gasteiger partial charge in [-0.25, -0.2) is 14.2 Å². The number of halogens is 4. The van der Waals surface area contributed by atoms with Crippen molar-refractivity contribution in [3.05, 3.63) is 95.8 Å². The smallest absolute Gasteiger partial charge is 0.335 e. The fourth-order valence-electron chi connectivity index (χ4n) is 4.38. The van der Waals surface area contributed by atoms with E-state index in [2.05, 4.69) is 10.3 Å². The SMILES string of the molecule is O=C(Nc1ccc(C(F)(F)F)cc1)N1CCN(C(=O)c2cc(-c3ccccc3)nc3c(F)cccc23)CC1. The Hall–Kier alpha value is -4.47. The fraction of sp³-hybridized carbons (Fsp3) is 0.179. The van der Waals surface area contributed by atoms with Gasteiger partial charge in [-0.3, -0.25) is 4.79 Å². The van der Waals surface area contributed by atoms with Crippen molar-refractivity contribution in [3.63, 3.8) is 0 Å². The number of benzene rings is 3. The molecular weight excluding hydrogens is 500 g/mol. The summed E-state index contributed by atoms with van der Waals surface area (Å²) < 4.78 is 53.0. The normalized spacial score (nSPS) is 14.0. The third-order valence-corrected chi connectivity index (χ3v) is 6.41. The molecule has 0 saturated carbocycles. The van der Waals surface area contributed by atoms with Gasteiger partial charge >= 0.3 is 12.2 Å². The summed E-state index contributed by atoms with van der Waals surface area (Å²) in [5.74, 6) is -0.831. The first-order chi connectivity index (χ1) is 18.2. The minimum Gasteiger partial charge on any atom is -0.335 e. The second-order valence-corrected chi connectivity index (χ2v) is 8.84. The lowest BCUT2D eigenvalue weighted by atomic mass is 10.0. The molecule has 4 aromatic rings. The van der Waals surface area contributed by atoms with Gasteiger partial charge in [-0.2, -0.15) is 13.2 Å². The zero-order chi connectivity index (χ0) is 26.9. The Morgan fingerprint density at radius 2 is 1.47 bits per heavy atom. The molecule has 1 N–H and O–H groups in total. The first-order valence-corrected chi connectivity index (χ1v) is 11.9. The highest BCUT2D eigenvalue weighted by molar-refractivity contribution is 6.07. The van der Waals surface area contributed by atoms with Gasteiger partial charge in [0, 0.05) is 42.8 Å². The predicted molar refractivity (Wildman–Crippen MR) is 135 cm³/mol. The largest absolute Gasteiger partial charge is 0.416 e. The van der Waals surface area contributed by atoms with Gasteiger partial charge in [0.25, 0.3) is 5.91 Å². The van der Waals surface area contributed by atoms with Crippen LogP contribution in [0.3, 0.4) is 0 Å². The molecule has 0 atom stereocenters. The van der Waals surface area contributed by atoms with Crippen LogP contribution < -0.4 is 5.32 Å². The van der Waals surface area contributed by atoms with E-state index in [-0.39, 0.29) is 43.3 Å². The highest BCUT2D eigenvalue weighted by Crippen LogP contribution is 2.30. The molecule has 1 aliphatic rings. The number of hydrogen-bond donors (Lipinski definition) is 1. The average Bonchev–Trinajstić information content (AvgIpc) is 2.93.